The van der Waals surface area contributed by atoms with Gasteiger partial charge in [-0.05, 0) is 41.5 Å². The summed E-state index contributed by atoms with van der Waals surface area (Å²) in [6.45, 7) is 0.515. The number of halogens is 2. The van der Waals surface area contributed by atoms with Crippen LogP contribution in [0.3, 0.4) is 0 Å². The molecule has 0 radical (unpaired) electrons. The molecule has 0 saturated heterocycles. The Morgan fingerprint density at radius 2 is 2.17 bits per heavy atom. The topological polar surface area (TPSA) is 65.4 Å². The number of aromatic nitrogens is 2. The highest BCUT2D eigenvalue weighted by Crippen LogP contribution is 2.20. The maximum absolute atomic E-state index is 13.7. The largest absolute Gasteiger partial charge is 0.464 e. The summed E-state index contributed by atoms with van der Waals surface area (Å²) in [5.74, 6) is -0.394. The van der Waals surface area contributed by atoms with E-state index in [1.165, 1.54) is 25.3 Å². The summed E-state index contributed by atoms with van der Waals surface area (Å²) in [7, 11) is 1.45. The van der Waals surface area contributed by atoms with Crippen molar-refractivity contribution in [1.29, 1.82) is 0 Å². The third-order valence-electron chi connectivity index (χ3n) is 3.85. The number of hydrogen-bond donors (Lipinski definition) is 1. The molecular formula is C21H19ClFN3O3. The van der Waals surface area contributed by atoms with Gasteiger partial charge in [0.05, 0.1) is 6.33 Å². The van der Waals surface area contributed by atoms with Crippen LogP contribution in [-0.2, 0) is 16.1 Å². The number of benzene rings is 2. The van der Waals surface area contributed by atoms with E-state index in [2.05, 4.69) is 10.3 Å². The van der Waals surface area contributed by atoms with Crippen LogP contribution in [0.2, 0.25) is 5.02 Å². The molecule has 0 aliphatic carbocycles. The molecule has 3 aromatic rings. The van der Waals surface area contributed by atoms with Crippen LogP contribution in [-0.4, -0.2) is 29.4 Å². The van der Waals surface area contributed by atoms with Crippen molar-refractivity contribution in [2.45, 2.75) is 6.54 Å². The number of hydrogen-bond acceptors (Lipinski definition) is 4. The van der Waals surface area contributed by atoms with Crippen LogP contribution in [0.5, 0.6) is 5.75 Å². The lowest BCUT2D eigenvalue weighted by molar-refractivity contribution is -0.111. The van der Waals surface area contributed by atoms with Crippen LogP contribution in [0, 0.1) is 5.82 Å². The molecule has 1 amide bonds. The number of carbonyl (C=O) groups excluding carboxylic acids is 1. The predicted molar refractivity (Wildman–Crippen MR) is 109 cm³/mol. The number of nitrogens with one attached hydrogen (secondary N) is 1. The van der Waals surface area contributed by atoms with Gasteiger partial charge in [0.1, 0.15) is 0 Å². The van der Waals surface area contributed by atoms with Gasteiger partial charge in [-0.1, -0.05) is 29.8 Å². The molecule has 0 saturated carbocycles. The fourth-order valence-corrected chi connectivity index (χ4v) is 2.77. The van der Waals surface area contributed by atoms with Crippen molar-refractivity contribution in [3.05, 3.63) is 83.0 Å². The molecule has 29 heavy (non-hydrogen) atoms. The maximum atomic E-state index is 13.7. The SMILES string of the molecule is COCOc1cc(/C=C/C(=O)Nc2cn(Cc3cccc(Cl)c3)cn2)ccc1F. The molecule has 1 N–H and O–H groups in total. The first-order valence-corrected chi connectivity index (χ1v) is 9.08. The standard InChI is InChI=1S/C21H19ClFN3O3/c1-28-14-29-19-10-15(5-7-18(19)23)6-8-21(27)25-20-12-26(13-24-20)11-16-3-2-4-17(22)9-16/h2-10,12-13H,11,14H2,1H3,(H,25,27)/b8-6+. The third kappa shape index (κ3) is 6.17. The van der Waals surface area contributed by atoms with Crippen molar-refractivity contribution in [3.63, 3.8) is 0 Å². The van der Waals surface area contributed by atoms with Crippen molar-refractivity contribution in [2.75, 3.05) is 19.2 Å². The van der Waals surface area contributed by atoms with Gasteiger partial charge in [0.2, 0.25) is 5.91 Å². The van der Waals surface area contributed by atoms with Crippen molar-refractivity contribution in [1.82, 2.24) is 9.55 Å². The Hall–Kier alpha value is -3.16. The Morgan fingerprint density at radius 1 is 1.31 bits per heavy atom. The van der Waals surface area contributed by atoms with E-state index in [9.17, 15) is 9.18 Å². The van der Waals surface area contributed by atoms with E-state index in [4.69, 9.17) is 21.1 Å². The number of imidazole rings is 1. The molecule has 1 aromatic heterocycles. The third-order valence-corrected chi connectivity index (χ3v) is 4.09. The number of amides is 1. The number of anilines is 1. The number of methoxy groups -OCH3 is 1. The van der Waals surface area contributed by atoms with Gasteiger partial charge in [-0.15, -0.1) is 0 Å². The highest BCUT2D eigenvalue weighted by atomic mass is 35.5. The molecule has 8 heteroatoms. The lowest BCUT2D eigenvalue weighted by Crippen LogP contribution is -2.08. The van der Waals surface area contributed by atoms with Crippen LogP contribution < -0.4 is 10.1 Å². The van der Waals surface area contributed by atoms with Gasteiger partial charge in [0, 0.05) is 31.0 Å². The van der Waals surface area contributed by atoms with Gasteiger partial charge in [-0.3, -0.25) is 4.79 Å². The average molecular weight is 416 g/mol. The molecule has 2 aromatic carbocycles. The Bertz CT molecular complexity index is 1020. The van der Waals surface area contributed by atoms with Crippen molar-refractivity contribution >= 4 is 29.4 Å². The first kappa shape index (κ1) is 20.6. The zero-order valence-corrected chi connectivity index (χ0v) is 16.4. The van der Waals surface area contributed by atoms with Crippen molar-refractivity contribution in [3.8, 4) is 5.75 Å². The number of rotatable bonds is 8. The Balaban J connectivity index is 1.59. The molecule has 0 fully saturated rings. The second kappa shape index (κ2) is 9.86. The van der Waals surface area contributed by atoms with E-state index in [-0.39, 0.29) is 18.4 Å². The molecule has 6 nitrogen and oxygen atoms in total. The Morgan fingerprint density at radius 3 is 2.97 bits per heavy atom. The fourth-order valence-electron chi connectivity index (χ4n) is 2.55. The van der Waals surface area contributed by atoms with Crippen molar-refractivity contribution < 1.29 is 18.7 Å². The highest BCUT2D eigenvalue weighted by Gasteiger charge is 2.05. The summed E-state index contributed by atoms with van der Waals surface area (Å²) in [5.41, 5.74) is 1.63. The van der Waals surface area contributed by atoms with E-state index >= 15 is 0 Å². The highest BCUT2D eigenvalue weighted by molar-refractivity contribution is 6.30. The molecule has 1 heterocycles. The lowest BCUT2D eigenvalue weighted by atomic mass is 10.2. The quantitative estimate of drug-likeness (QED) is 0.438. The normalized spacial score (nSPS) is 11.0. The molecule has 0 spiro atoms. The molecule has 0 aliphatic heterocycles. The van der Waals surface area contributed by atoms with E-state index in [1.54, 1.807) is 24.7 Å². The van der Waals surface area contributed by atoms with Gasteiger partial charge >= 0.3 is 0 Å². The molecule has 0 aliphatic rings. The van der Waals surface area contributed by atoms with Crippen LogP contribution in [0.4, 0.5) is 10.2 Å². The molecule has 0 atom stereocenters. The summed E-state index contributed by atoms with van der Waals surface area (Å²) >= 11 is 5.99. The van der Waals surface area contributed by atoms with Crippen LogP contribution in [0.15, 0.2) is 61.1 Å². The van der Waals surface area contributed by atoms with Crippen LogP contribution >= 0.6 is 11.6 Å². The van der Waals surface area contributed by atoms with E-state index in [0.717, 1.165) is 5.56 Å². The minimum Gasteiger partial charge on any atom is -0.464 e. The van der Waals surface area contributed by atoms with Gasteiger partial charge < -0.3 is 19.4 Å². The van der Waals surface area contributed by atoms with Gasteiger partial charge in [0.15, 0.2) is 24.2 Å². The monoisotopic (exact) mass is 415 g/mol. The summed E-state index contributed by atoms with van der Waals surface area (Å²) in [4.78, 5) is 16.3. The van der Waals surface area contributed by atoms with E-state index in [0.29, 0.717) is 22.9 Å². The van der Waals surface area contributed by atoms with Gasteiger partial charge in [-0.2, -0.15) is 0 Å². The minimum absolute atomic E-state index is 0.0502. The number of carbonyl (C=O) groups is 1. The molecule has 150 valence electrons. The van der Waals surface area contributed by atoms with E-state index < -0.39 is 5.82 Å². The second-order valence-electron chi connectivity index (χ2n) is 6.12. The Kier molecular flexibility index (Phi) is 6.99. The number of nitrogens with zero attached hydrogens (tertiary/aromatic N) is 2. The predicted octanol–water partition coefficient (Wildman–Crippen LogP) is 4.36. The zero-order chi connectivity index (χ0) is 20.6. The summed E-state index contributed by atoms with van der Waals surface area (Å²) in [6, 6.07) is 11.8. The molecule has 3 rings (SSSR count). The maximum Gasteiger partial charge on any atom is 0.249 e. The first-order valence-electron chi connectivity index (χ1n) is 8.70. The minimum atomic E-state index is -0.506. The Labute approximate surface area is 172 Å². The zero-order valence-electron chi connectivity index (χ0n) is 15.6. The fraction of sp³-hybridized carbons (Fsp3) is 0.143. The smallest absolute Gasteiger partial charge is 0.249 e. The average Bonchev–Trinajstić information content (AvgIpc) is 3.13. The number of ether oxygens (including phenoxy) is 2. The lowest BCUT2D eigenvalue weighted by Gasteiger charge is -2.06. The summed E-state index contributed by atoms with van der Waals surface area (Å²) < 4.78 is 25.4. The van der Waals surface area contributed by atoms with E-state index in [1.807, 2.05) is 28.8 Å². The molecular weight excluding hydrogens is 397 g/mol. The molecule has 0 unspecified atom stereocenters. The summed E-state index contributed by atoms with van der Waals surface area (Å²) in [5, 5.41) is 3.35. The van der Waals surface area contributed by atoms with Gasteiger partial charge in [0.25, 0.3) is 0 Å². The second-order valence-corrected chi connectivity index (χ2v) is 6.56. The van der Waals surface area contributed by atoms with Crippen LogP contribution in [0.25, 0.3) is 6.08 Å². The molecule has 0 bridgehead atoms. The first-order chi connectivity index (χ1) is 14.0. The van der Waals surface area contributed by atoms with Crippen molar-refractivity contribution in [2.24, 2.45) is 0 Å². The summed E-state index contributed by atoms with van der Waals surface area (Å²) in [6.07, 6.45) is 6.24. The van der Waals surface area contributed by atoms with Crippen LogP contribution in [0.1, 0.15) is 11.1 Å². The van der Waals surface area contributed by atoms with Gasteiger partial charge in [-0.25, -0.2) is 9.37 Å².